The molecule has 2 aliphatic rings. The van der Waals surface area contributed by atoms with E-state index in [2.05, 4.69) is 82.6 Å². The SMILES string of the molecule is COc1cc(C#N)c(N2CCC(Cc3ccccc3)CC2)c(C#N)c1CC(C)(C)OC(=O)OC(C)(C)Cc1c(OC)cc(C#N)c(N2CCC(Cc3ccccc3)CC2)c1C#N. The van der Waals surface area contributed by atoms with Gasteiger partial charge >= 0.3 is 6.16 Å². The number of hydrogen-bond donors (Lipinski definition) is 0. The number of piperidine rings is 2. The van der Waals surface area contributed by atoms with Crippen LogP contribution in [0.5, 0.6) is 11.5 Å². The first-order valence-electron chi connectivity index (χ1n) is 21.4. The highest BCUT2D eigenvalue weighted by Gasteiger charge is 2.36. The summed E-state index contributed by atoms with van der Waals surface area (Å²) in [6.45, 7) is 9.73. The zero-order valence-electron chi connectivity index (χ0n) is 36.8. The zero-order chi connectivity index (χ0) is 44.4. The summed E-state index contributed by atoms with van der Waals surface area (Å²) < 4.78 is 23.5. The molecule has 0 bridgehead atoms. The van der Waals surface area contributed by atoms with Crippen molar-refractivity contribution in [2.75, 3.05) is 50.2 Å². The van der Waals surface area contributed by atoms with Crippen molar-refractivity contribution < 1.29 is 23.7 Å². The van der Waals surface area contributed by atoms with Crippen LogP contribution in [0, 0.1) is 57.2 Å². The minimum atomic E-state index is -1.18. The van der Waals surface area contributed by atoms with Crippen molar-refractivity contribution >= 4 is 17.5 Å². The predicted molar refractivity (Wildman–Crippen MR) is 238 cm³/mol. The number of carbonyl (C=O) groups excluding carboxylic acids is 1. The number of rotatable bonds is 14. The van der Waals surface area contributed by atoms with Gasteiger partial charge in [-0.2, -0.15) is 21.0 Å². The van der Waals surface area contributed by atoms with Crippen LogP contribution in [-0.2, 0) is 35.2 Å². The van der Waals surface area contributed by atoms with Crippen molar-refractivity contribution in [3.63, 3.8) is 0 Å². The average Bonchev–Trinajstić information content (AvgIpc) is 3.26. The van der Waals surface area contributed by atoms with E-state index in [0.717, 1.165) is 38.5 Å². The fourth-order valence-electron chi connectivity index (χ4n) is 9.17. The molecule has 2 saturated heterocycles. The van der Waals surface area contributed by atoms with E-state index in [1.54, 1.807) is 39.8 Å². The van der Waals surface area contributed by atoms with Crippen LogP contribution < -0.4 is 19.3 Å². The van der Waals surface area contributed by atoms with E-state index in [-0.39, 0.29) is 12.8 Å². The Morgan fingerprint density at radius 3 is 1.26 bits per heavy atom. The monoisotopic (exact) mass is 832 g/mol. The molecule has 62 heavy (non-hydrogen) atoms. The van der Waals surface area contributed by atoms with Gasteiger partial charge in [0.1, 0.15) is 47.0 Å². The smallest absolute Gasteiger partial charge is 0.496 e. The second-order valence-electron chi connectivity index (χ2n) is 17.7. The molecule has 0 aliphatic carbocycles. The molecule has 0 saturated carbocycles. The predicted octanol–water partition coefficient (Wildman–Crippen LogP) is 9.60. The van der Waals surface area contributed by atoms with Gasteiger partial charge in [-0.3, -0.25) is 0 Å². The van der Waals surface area contributed by atoms with Crippen molar-refractivity contribution in [1.82, 2.24) is 0 Å². The molecule has 11 heteroatoms. The van der Waals surface area contributed by atoms with E-state index < -0.39 is 17.4 Å². The normalized spacial score (nSPS) is 14.8. The van der Waals surface area contributed by atoms with Crippen LogP contribution in [0.1, 0.15) is 97.9 Å². The molecule has 0 atom stereocenters. The molecule has 2 fully saturated rings. The minimum absolute atomic E-state index is 0.102. The molecule has 0 unspecified atom stereocenters. The lowest BCUT2D eigenvalue weighted by molar-refractivity contribution is -0.0585. The first-order chi connectivity index (χ1) is 29.8. The third-order valence-electron chi connectivity index (χ3n) is 12.2. The Balaban J connectivity index is 1.17. The standard InChI is InChI=1S/C51H56N6O5/c1-50(2,29-41-43(33-54)47(39(31-52)27-45(41)59-5)56-21-17-37(18-22-56)25-35-13-9-7-10-14-35)61-49(58)62-51(3,4)30-42-44(34-55)48(40(32-53)28-46(42)60-6)57-23-19-38(20-24-57)26-36-15-11-8-12-16-36/h7-16,27-28,37-38H,17-26,29-30H2,1-6H3. The second-order valence-corrected chi connectivity index (χ2v) is 17.7. The fourth-order valence-corrected chi connectivity index (χ4v) is 9.17. The van der Waals surface area contributed by atoms with E-state index in [0.29, 0.717) is 94.3 Å². The molecule has 0 spiro atoms. The molecule has 0 aromatic heterocycles. The average molecular weight is 833 g/mol. The minimum Gasteiger partial charge on any atom is -0.496 e. The van der Waals surface area contributed by atoms with Crippen molar-refractivity contribution in [2.24, 2.45) is 11.8 Å². The lowest BCUT2D eigenvalue weighted by Gasteiger charge is -2.36. The van der Waals surface area contributed by atoms with Crippen LogP contribution in [-0.4, -0.2) is 57.8 Å². The van der Waals surface area contributed by atoms with Gasteiger partial charge in [-0.1, -0.05) is 60.7 Å². The van der Waals surface area contributed by atoms with Crippen LogP contribution in [0.15, 0.2) is 72.8 Å². The Bertz CT molecular complexity index is 2220. The number of nitriles is 4. The summed E-state index contributed by atoms with van der Waals surface area (Å²) in [7, 11) is 2.99. The maximum Gasteiger partial charge on any atom is 0.509 e. The summed E-state index contributed by atoms with van der Waals surface area (Å²) in [5.41, 5.74) is 3.81. The van der Waals surface area contributed by atoms with Gasteiger partial charge in [0.15, 0.2) is 0 Å². The summed E-state index contributed by atoms with van der Waals surface area (Å²) in [6.07, 6.45) is 4.91. The van der Waals surface area contributed by atoms with E-state index in [4.69, 9.17) is 18.9 Å². The van der Waals surface area contributed by atoms with Crippen LogP contribution in [0.2, 0.25) is 0 Å². The molecule has 4 aromatic rings. The van der Waals surface area contributed by atoms with Gasteiger partial charge in [-0.15, -0.1) is 0 Å². The fraction of sp³-hybridized carbons (Fsp3) is 0.431. The van der Waals surface area contributed by atoms with Gasteiger partial charge in [-0.25, -0.2) is 4.79 Å². The maximum atomic E-state index is 13.7. The van der Waals surface area contributed by atoms with Crippen LogP contribution in [0.4, 0.5) is 16.2 Å². The molecular weight excluding hydrogens is 777 g/mol. The highest BCUT2D eigenvalue weighted by Crippen LogP contribution is 2.41. The van der Waals surface area contributed by atoms with Gasteiger partial charge in [0.2, 0.25) is 0 Å². The summed E-state index contributed by atoms with van der Waals surface area (Å²) in [5.74, 6) is 1.70. The first-order valence-corrected chi connectivity index (χ1v) is 21.4. The molecule has 6 rings (SSSR count). The Hall–Kier alpha value is -6.69. The van der Waals surface area contributed by atoms with Gasteiger partial charge < -0.3 is 28.7 Å². The van der Waals surface area contributed by atoms with Crippen LogP contribution >= 0.6 is 0 Å². The Kier molecular flexibility index (Phi) is 14.3. The number of ether oxygens (including phenoxy) is 4. The Morgan fingerprint density at radius 2 is 0.952 bits per heavy atom. The van der Waals surface area contributed by atoms with Crippen molar-refractivity contribution in [1.29, 1.82) is 21.0 Å². The maximum absolute atomic E-state index is 13.7. The zero-order valence-corrected chi connectivity index (χ0v) is 36.8. The van der Waals surface area contributed by atoms with E-state index >= 15 is 0 Å². The number of nitrogens with zero attached hydrogens (tertiary/aromatic N) is 6. The van der Waals surface area contributed by atoms with E-state index in [1.807, 2.05) is 12.1 Å². The number of benzene rings is 4. The first kappa shape index (κ1) is 44.9. The summed E-state index contributed by atoms with van der Waals surface area (Å²) in [6, 6.07) is 33.5. The highest BCUT2D eigenvalue weighted by atomic mass is 16.7. The third-order valence-corrected chi connectivity index (χ3v) is 12.2. The second kappa shape index (κ2) is 19.8. The third kappa shape index (κ3) is 10.6. The molecular formula is C51H56N6O5. The molecule has 0 N–H and O–H groups in total. The van der Waals surface area contributed by atoms with Gasteiger partial charge in [0.25, 0.3) is 0 Å². The highest BCUT2D eigenvalue weighted by molar-refractivity contribution is 5.75. The van der Waals surface area contributed by atoms with E-state index in [1.165, 1.54) is 25.3 Å². The molecule has 0 radical (unpaired) electrons. The summed E-state index contributed by atoms with van der Waals surface area (Å²) in [4.78, 5) is 17.9. The lowest BCUT2D eigenvalue weighted by atomic mass is 9.87. The van der Waals surface area contributed by atoms with Crippen LogP contribution in [0.3, 0.4) is 0 Å². The number of methoxy groups -OCH3 is 2. The molecule has 0 amide bonds. The van der Waals surface area contributed by atoms with Crippen molar-refractivity contribution in [3.8, 4) is 35.8 Å². The number of anilines is 2. The van der Waals surface area contributed by atoms with Gasteiger partial charge in [0, 0.05) is 62.3 Å². The topological polar surface area (TPSA) is 156 Å². The van der Waals surface area contributed by atoms with Gasteiger partial charge in [-0.05, 0) is 89.2 Å². The van der Waals surface area contributed by atoms with Crippen molar-refractivity contribution in [3.05, 3.63) is 117 Å². The molecule has 320 valence electrons. The van der Waals surface area contributed by atoms with Crippen LogP contribution in [0.25, 0.3) is 0 Å². The molecule has 11 nitrogen and oxygen atoms in total. The van der Waals surface area contributed by atoms with Crippen molar-refractivity contribution in [2.45, 2.75) is 90.3 Å². The lowest BCUT2D eigenvalue weighted by Crippen LogP contribution is -2.38. The Labute approximate surface area is 366 Å². The largest absolute Gasteiger partial charge is 0.509 e. The summed E-state index contributed by atoms with van der Waals surface area (Å²) >= 11 is 0. The molecule has 2 aliphatic heterocycles. The quantitative estimate of drug-likeness (QED) is 0.112. The van der Waals surface area contributed by atoms with E-state index in [9.17, 15) is 25.8 Å². The van der Waals surface area contributed by atoms with Gasteiger partial charge in [0.05, 0.1) is 47.8 Å². The number of carbonyl (C=O) groups is 1. The number of hydrogen-bond acceptors (Lipinski definition) is 11. The summed E-state index contributed by atoms with van der Waals surface area (Å²) in [5, 5.41) is 41.8. The molecule has 4 aromatic carbocycles. The Morgan fingerprint density at radius 1 is 0.597 bits per heavy atom. The molecule has 2 heterocycles.